The average Bonchev–Trinajstić information content (AvgIpc) is 2.55. The van der Waals surface area contributed by atoms with Gasteiger partial charge in [0.2, 0.25) is 5.91 Å². The van der Waals surface area contributed by atoms with Gasteiger partial charge in [0.05, 0.1) is 6.61 Å². The van der Waals surface area contributed by atoms with Crippen molar-refractivity contribution in [3.8, 4) is 0 Å². The SMILES string of the molecule is CC1CCN(C(=O)C(C)S(=O)Cc2ccc(CO)cc2)CC1. The van der Waals surface area contributed by atoms with Crippen LogP contribution in [0.4, 0.5) is 0 Å². The lowest BCUT2D eigenvalue weighted by Gasteiger charge is -2.32. The zero-order chi connectivity index (χ0) is 16.1. The maximum atomic E-state index is 12.4. The smallest absolute Gasteiger partial charge is 0.238 e. The Morgan fingerprint density at radius 1 is 1.27 bits per heavy atom. The lowest BCUT2D eigenvalue weighted by molar-refractivity contribution is -0.131. The van der Waals surface area contributed by atoms with Crippen molar-refractivity contribution in [3.63, 3.8) is 0 Å². The van der Waals surface area contributed by atoms with E-state index in [0.717, 1.165) is 37.1 Å². The summed E-state index contributed by atoms with van der Waals surface area (Å²) in [5.41, 5.74) is 1.77. The van der Waals surface area contributed by atoms with E-state index in [4.69, 9.17) is 5.11 Å². The van der Waals surface area contributed by atoms with E-state index in [0.29, 0.717) is 11.7 Å². The molecule has 1 fully saturated rings. The van der Waals surface area contributed by atoms with Crippen LogP contribution in [-0.2, 0) is 28.0 Å². The third-order valence-electron chi connectivity index (χ3n) is 4.35. The van der Waals surface area contributed by atoms with Crippen LogP contribution in [0, 0.1) is 5.92 Å². The highest BCUT2D eigenvalue weighted by Crippen LogP contribution is 2.18. The van der Waals surface area contributed by atoms with Gasteiger partial charge in [-0.05, 0) is 36.8 Å². The molecule has 1 N–H and O–H groups in total. The third kappa shape index (κ3) is 4.40. The van der Waals surface area contributed by atoms with Crippen LogP contribution in [0.2, 0.25) is 0 Å². The number of amides is 1. The molecule has 0 radical (unpaired) electrons. The summed E-state index contributed by atoms with van der Waals surface area (Å²) < 4.78 is 12.4. The van der Waals surface area contributed by atoms with E-state index in [1.165, 1.54) is 0 Å². The number of nitrogens with zero attached hydrogens (tertiary/aromatic N) is 1. The van der Waals surface area contributed by atoms with Crippen LogP contribution in [0.1, 0.15) is 37.8 Å². The molecule has 0 bridgehead atoms. The van der Waals surface area contributed by atoms with Crippen molar-refractivity contribution in [3.05, 3.63) is 35.4 Å². The van der Waals surface area contributed by atoms with Crippen molar-refractivity contribution in [2.75, 3.05) is 13.1 Å². The van der Waals surface area contributed by atoms with Gasteiger partial charge in [-0.2, -0.15) is 0 Å². The zero-order valence-corrected chi connectivity index (χ0v) is 14.1. The van der Waals surface area contributed by atoms with Gasteiger partial charge in [0.15, 0.2) is 0 Å². The lowest BCUT2D eigenvalue weighted by Crippen LogP contribution is -2.44. The number of hydrogen-bond donors (Lipinski definition) is 1. The first-order chi connectivity index (χ1) is 10.5. The summed E-state index contributed by atoms with van der Waals surface area (Å²) >= 11 is 0. The van der Waals surface area contributed by atoms with Crippen LogP contribution >= 0.6 is 0 Å². The molecule has 0 aliphatic carbocycles. The average molecular weight is 323 g/mol. The first-order valence-electron chi connectivity index (χ1n) is 7.86. The summed E-state index contributed by atoms with van der Waals surface area (Å²) in [5.74, 6) is 1.06. The molecule has 0 saturated carbocycles. The molecule has 1 aromatic rings. The highest BCUT2D eigenvalue weighted by atomic mass is 32.2. The predicted molar refractivity (Wildman–Crippen MR) is 88.7 cm³/mol. The van der Waals surface area contributed by atoms with Crippen molar-refractivity contribution in [2.45, 2.75) is 44.3 Å². The minimum absolute atomic E-state index is 0.00560. The van der Waals surface area contributed by atoms with E-state index in [1.807, 2.05) is 29.2 Å². The van der Waals surface area contributed by atoms with Gasteiger partial charge >= 0.3 is 0 Å². The quantitative estimate of drug-likeness (QED) is 0.902. The molecule has 1 aliphatic heterocycles. The first kappa shape index (κ1) is 17.2. The van der Waals surface area contributed by atoms with E-state index in [9.17, 15) is 9.00 Å². The molecule has 122 valence electrons. The fourth-order valence-corrected chi connectivity index (χ4v) is 3.77. The van der Waals surface area contributed by atoms with E-state index < -0.39 is 16.0 Å². The number of aliphatic hydroxyl groups is 1. The highest BCUT2D eigenvalue weighted by Gasteiger charge is 2.27. The van der Waals surface area contributed by atoms with Gasteiger partial charge in [0, 0.05) is 29.6 Å². The van der Waals surface area contributed by atoms with Crippen LogP contribution < -0.4 is 0 Å². The third-order valence-corrected chi connectivity index (χ3v) is 5.96. The van der Waals surface area contributed by atoms with Crippen LogP contribution in [0.5, 0.6) is 0 Å². The van der Waals surface area contributed by atoms with Gasteiger partial charge in [-0.1, -0.05) is 31.2 Å². The lowest BCUT2D eigenvalue weighted by atomic mass is 9.99. The van der Waals surface area contributed by atoms with E-state index in [2.05, 4.69) is 6.92 Å². The summed E-state index contributed by atoms with van der Waals surface area (Å²) in [5, 5.41) is 8.56. The summed E-state index contributed by atoms with van der Waals surface area (Å²) in [4.78, 5) is 14.3. The Kier molecular flexibility index (Phi) is 6.15. The Morgan fingerprint density at radius 2 is 1.82 bits per heavy atom. The predicted octanol–water partition coefficient (Wildman–Crippen LogP) is 2.07. The monoisotopic (exact) mass is 323 g/mol. The normalized spacial score (nSPS) is 19.0. The minimum Gasteiger partial charge on any atom is -0.392 e. The van der Waals surface area contributed by atoms with Gasteiger partial charge in [-0.3, -0.25) is 9.00 Å². The van der Waals surface area contributed by atoms with Gasteiger partial charge in [0.1, 0.15) is 5.25 Å². The second-order valence-electron chi connectivity index (χ2n) is 6.15. The summed E-state index contributed by atoms with van der Waals surface area (Å²) in [7, 11) is -1.22. The van der Waals surface area contributed by atoms with Crippen molar-refractivity contribution < 1.29 is 14.1 Å². The minimum atomic E-state index is -1.22. The number of carbonyl (C=O) groups is 1. The van der Waals surface area contributed by atoms with Crippen molar-refractivity contribution in [1.29, 1.82) is 0 Å². The molecule has 1 saturated heterocycles. The summed E-state index contributed by atoms with van der Waals surface area (Å²) in [6, 6.07) is 7.38. The van der Waals surface area contributed by atoms with E-state index in [1.54, 1.807) is 6.92 Å². The molecule has 22 heavy (non-hydrogen) atoms. The number of hydrogen-bond acceptors (Lipinski definition) is 3. The molecule has 1 aliphatic rings. The van der Waals surface area contributed by atoms with Crippen molar-refractivity contribution >= 4 is 16.7 Å². The number of benzene rings is 1. The molecule has 5 heteroatoms. The number of carbonyl (C=O) groups excluding carboxylic acids is 1. The first-order valence-corrected chi connectivity index (χ1v) is 9.24. The number of aliphatic hydroxyl groups excluding tert-OH is 1. The van der Waals surface area contributed by atoms with E-state index >= 15 is 0 Å². The van der Waals surface area contributed by atoms with Gasteiger partial charge in [0.25, 0.3) is 0 Å². The largest absolute Gasteiger partial charge is 0.392 e. The maximum Gasteiger partial charge on any atom is 0.238 e. The molecule has 2 unspecified atom stereocenters. The summed E-state index contributed by atoms with van der Waals surface area (Å²) in [6.45, 7) is 5.54. The van der Waals surface area contributed by atoms with Gasteiger partial charge < -0.3 is 10.0 Å². The topological polar surface area (TPSA) is 57.6 Å². The fourth-order valence-electron chi connectivity index (χ4n) is 2.63. The van der Waals surface area contributed by atoms with Gasteiger partial charge in [-0.25, -0.2) is 0 Å². The molecular weight excluding hydrogens is 298 g/mol. The molecule has 0 spiro atoms. The van der Waals surface area contributed by atoms with Crippen LogP contribution in [0.25, 0.3) is 0 Å². The number of likely N-dealkylation sites (tertiary alicyclic amines) is 1. The molecule has 1 amide bonds. The highest BCUT2D eigenvalue weighted by molar-refractivity contribution is 7.85. The Hall–Kier alpha value is -1.20. The molecule has 2 atom stereocenters. The second kappa shape index (κ2) is 7.88. The molecule has 1 heterocycles. The zero-order valence-electron chi connectivity index (χ0n) is 13.3. The van der Waals surface area contributed by atoms with Gasteiger partial charge in [-0.15, -0.1) is 0 Å². The standard InChI is InChI=1S/C17H25NO3S/c1-13-7-9-18(10-8-13)17(20)14(2)22(21)12-16-5-3-15(11-19)4-6-16/h3-6,13-14,19H,7-12H2,1-2H3. The fraction of sp³-hybridized carbons (Fsp3) is 0.588. The molecule has 0 aromatic heterocycles. The second-order valence-corrected chi connectivity index (χ2v) is 7.91. The van der Waals surface area contributed by atoms with Crippen LogP contribution in [0.3, 0.4) is 0 Å². The van der Waals surface area contributed by atoms with Crippen LogP contribution in [-0.4, -0.2) is 38.5 Å². The maximum absolute atomic E-state index is 12.4. The molecule has 4 nitrogen and oxygen atoms in total. The Balaban J connectivity index is 1.91. The van der Waals surface area contributed by atoms with Crippen molar-refractivity contribution in [1.82, 2.24) is 4.90 Å². The van der Waals surface area contributed by atoms with Crippen LogP contribution in [0.15, 0.2) is 24.3 Å². The number of piperidine rings is 1. The summed E-state index contributed by atoms with van der Waals surface area (Å²) in [6.07, 6.45) is 2.07. The molecular formula is C17H25NO3S. The van der Waals surface area contributed by atoms with Crippen molar-refractivity contribution in [2.24, 2.45) is 5.92 Å². The Morgan fingerprint density at radius 3 is 2.36 bits per heavy atom. The van der Waals surface area contributed by atoms with E-state index in [-0.39, 0.29) is 12.5 Å². The Bertz CT molecular complexity index is 521. The molecule has 2 rings (SSSR count). The number of rotatable bonds is 5. The molecule has 1 aromatic carbocycles. The Labute approximate surface area is 135 Å².